The number of fused-ring (bicyclic) bond motifs is 1. The molecule has 1 heterocycles. The Morgan fingerprint density at radius 2 is 2.22 bits per heavy atom. The molecule has 2 unspecified atom stereocenters. The van der Waals surface area contributed by atoms with Crippen LogP contribution in [0.25, 0.3) is 0 Å². The van der Waals surface area contributed by atoms with Crippen molar-refractivity contribution in [2.45, 2.75) is 36.5 Å². The van der Waals surface area contributed by atoms with E-state index in [2.05, 4.69) is 31.3 Å². The third-order valence-corrected chi connectivity index (χ3v) is 4.64. The summed E-state index contributed by atoms with van der Waals surface area (Å²) >= 11 is 1.66. The van der Waals surface area contributed by atoms with E-state index in [4.69, 9.17) is 5.73 Å². The van der Waals surface area contributed by atoms with Crippen LogP contribution < -0.4 is 11.1 Å². The van der Waals surface area contributed by atoms with Crippen molar-refractivity contribution in [3.63, 3.8) is 0 Å². The van der Waals surface area contributed by atoms with Gasteiger partial charge in [-0.05, 0) is 24.0 Å². The summed E-state index contributed by atoms with van der Waals surface area (Å²) in [5.74, 6) is 0.480. The quantitative estimate of drug-likeness (QED) is 0.872. The van der Waals surface area contributed by atoms with Crippen LogP contribution >= 0.6 is 11.8 Å². The molecule has 1 aromatic rings. The van der Waals surface area contributed by atoms with Gasteiger partial charge in [0, 0.05) is 17.5 Å². The zero-order chi connectivity index (χ0) is 13.1. The van der Waals surface area contributed by atoms with Gasteiger partial charge in [-0.2, -0.15) is 0 Å². The maximum atomic E-state index is 12.2. The second-order valence-electron chi connectivity index (χ2n) is 5.01. The third-order valence-electron chi connectivity index (χ3n) is 3.33. The molecule has 18 heavy (non-hydrogen) atoms. The number of carbonyl (C=O) groups excluding carboxylic acids is 1. The predicted octanol–water partition coefficient (Wildman–Crippen LogP) is 1.80. The van der Waals surface area contributed by atoms with Crippen LogP contribution in [0.15, 0.2) is 29.2 Å². The van der Waals surface area contributed by atoms with Gasteiger partial charge < -0.3 is 11.1 Å². The Labute approximate surface area is 113 Å². The standard InChI is InChI=1S/C14H20N2OS/c1-9(2)11(8-15)16-14(17)13-7-10-5-3-4-6-12(10)18-13/h3-6,9,11,13H,7-8,15H2,1-2H3,(H,16,17). The normalized spacial score (nSPS) is 19.7. The SMILES string of the molecule is CC(C)C(CN)NC(=O)C1Cc2ccccc2S1. The number of nitrogens with one attached hydrogen (secondary N) is 1. The van der Waals surface area contributed by atoms with Crippen molar-refractivity contribution < 1.29 is 4.79 Å². The first kappa shape index (κ1) is 13.4. The van der Waals surface area contributed by atoms with Crippen molar-refractivity contribution in [2.75, 3.05) is 6.54 Å². The molecule has 2 atom stereocenters. The number of rotatable bonds is 4. The van der Waals surface area contributed by atoms with Crippen LogP contribution in [0.2, 0.25) is 0 Å². The van der Waals surface area contributed by atoms with Crippen LogP contribution in [0.5, 0.6) is 0 Å². The van der Waals surface area contributed by atoms with Crippen molar-refractivity contribution in [1.82, 2.24) is 5.32 Å². The zero-order valence-corrected chi connectivity index (χ0v) is 11.7. The maximum Gasteiger partial charge on any atom is 0.234 e. The molecule has 3 nitrogen and oxygen atoms in total. The van der Waals surface area contributed by atoms with Crippen LogP contribution in [0.3, 0.4) is 0 Å². The van der Waals surface area contributed by atoms with E-state index in [0.717, 1.165) is 6.42 Å². The number of thioether (sulfide) groups is 1. The summed E-state index contributed by atoms with van der Waals surface area (Å²) in [5.41, 5.74) is 6.96. The third kappa shape index (κ3) is 2.87. The molecule has 0 fully saturated rings. The van der Waals surface area contributed by atoms with Gasteiger partial charge in [0.15, 0.2) is 0 Å². The minimum Gasteiger partial charge on any atom is -0.351 e. The van der Waals surface area contributed by atoms with Crippen LogP contribution in [-0.2, 0) is 11.2 Å². The van der Waals surface area contributed by atoms with Crippen molar-refractivity contribution in [3.8, 4) is 0 Å². The fourth-order valence-electron chi connectivity index (χ4n) is 2.10. The van der Waals surface area contributed by atoms with E-state index in [0.29, 0.717) is 12.5 Å². The number of hydrogen-bond donors (Lipinski definition) is 2. The van der Waals surface area contributed by atoms with Gasteiger partial charge in [0.05, 0.1) is 5.25 Å². The van der Waals surface area contributed by atoms with Gasteiger partial charge in [-0.1, -0.05) is 32.0 Å². The summed E-state index contributed by atoms with van der Waals surface area (Å²) in [4.78, 5) is 13.4. The lowest BCUT2D eigenvalue weighted by Crippen LogP contribution is -2.46. The van der Waals surface area contributed by atoms with Crippen LogP contribution in [-0.4, -0.2) is 23.7 Å². The first-order chi connectivity index (χ1) is 8.61. The van der Waals surface area contributed by atoms with E-state index in [1.165, 1.54) is 10.5 Å². The van der Waals surface area contributed by atoms with E-state index >= 15 is 0 Å². The van der Waals surface area contributed by atoms with Crippen molar-refractivity contribution in [3.05, 3.63) is 29.8 Å². The minimum absolute atomic E-state index is 0.00444. The number of hydrogen-bond acceptors (Lipinski definition) is 3. The Morgan fingerprint density at radius 3 is 2.83 bits per heavy atom. The number of benzene rings is 1. The molecule has 0 saturated heterocycles. The topological polar surface area (TPSA) is 55.1 Å². The molecule has 0 saturated carbocycles. The Bertz CT molecular complexity index is 409. The lowest BCUT2D eigenvalue weighted by molar-refractivity contribution is -0.121. The molecule has 1 aliphatic rings. The lowest BCUT2D eigenvalue weighted by atomic mass is 10.0. The first-order valence-corrected chi connectivity index (χ1v) is 7.24. The highest BCUT2D eigenvalue weighted by Gasteiger charge is 2.29. The summed E-state index contributed by atoms with van der Waals surface area (Å²) in [6.45, 7) is 4.65. The molecule has 0 radical (unpaired) electrons. The summed E-state index contributed by atoms with van der Waals surface area (Å²) in [6, 6.07) is 8.29. The van der Waals surface area contributed by atoms with Crippen molar-refractivity contribution in [2.24, 2.45) is 11.7 Å². The van der Waals surface area contributed by atoms with Crippen LogP contribution in [0.1, 0.15) is 19.4 Å². The van der Waals surface area contributed by atoms with Gasteiger partial charge in [0.2, 0.25) is 5.91 Å². The second-order valence-corrected chi connectivity index (χ2v) is 6.26. The van der Waals surface area contributed by atoms with Gasteiger partial charge in [-0.25, -0.2) is 0 Å². The molecule has 2 rings (SSSR count). The molecular formula is C14H20N2OS. The number of amides is 1. The Morgan fingerprint density at radius 1 is 1.50 bits per heavy atom. The molecule has 4 heteroatoms. The van der Waals surface area contributed by atoms with E-state index < -0.39 is 0 Å². The summed E-state index contributed by atoms with van der Waals surface area (Å²) in [6.07, 6.45) is 0.821. The first-order valence-electron chi connectivity index (χ1n) is 6.36. The lowest BCUT2D eigenvalue weighted by Gasteiger charge is -2.22. The molecule has 3 N–H and O–H groups in total. The van der Waals surface area contributed by atoms with E-state index in [9.17, 15) is 4.79 Å². The van der Waals surface area contributed by atoms with Crippen molar-refractivity contribution >= 4 is 17.7 Å². The Balaban J connectivity index is 1.97. The molecular weight excluding hydrogens is 244 g/mol. The zero-order valence-electron chi connectivity index (χ0n) is 10.8. The molecule has 98 valence electrons. The number of nitrogens with two attached hydrogens (primary N) is 1. The van der Waals surface area contributed by atoms with Gasteiger partial charge >= 0.3 is 0 Å². The average molecular weight is 264 g/mol. The maximum absolute atomic E-state index is 12.2. The number of carbonyl (C=O) groups is 1. The molecule has 0 aliphatic carbocycles. The molecule has 1 aliphatic heterocycles. The van der Waals surface area contributed by atoms with Gasteiger partial charge in [-0.3, -0.25) is 4.79 Å². The summed E-state index contributed by atoms with van der Waals surface area (Å²) in [7, 11) is 0. The summed E-state index contributed by atoms with van der Waals surface area (Å²) < 4.78 is 0. The predicted molar refractivity (Wildman–Crippen MR) is 75.6 cm³/mol. The van der Waals surface area contributed by atoms with Crippen LogP contribution in [0.4, 0.5) is 0 Å². The van der Waals surface area contributed by atoms with E-state index in [-0.39, 0.29) is 17.2 Å². The Kier molecular flexibility index (Phi) is 4.30. The van der Waals surface area contributed by atoms with Gasteiger partial charge in [0.25, 0.3) is 0 Å². The minimum atomic E-state index is -0.00444. The highest BCUT2D eigenvalue weighted by Crippen LogP contribution is 2.36. The molecule has 0 spiro atoms. The second kappa shape index (κ2) is 5.76. The Hall–Kier alpha value is -1.00. The molecule has 1 aromatic carbocycles. The molecule has 0 aromatic heterocycles. The fraction of sp³-hybridized carbons (Fsp3) is 0.500. The van der Waals surface area contributed by atoms with Crippen LogP contribution in [0, 0.1) is 5.92 Å². The van der Waals surface area contributed by atoms with Crippen molar-refractivity contribution in [1.29, 1.82) is 0 Å². The smallest absolute Gasteiger partial charge is 0.234 e. The highest BCUT2D eigenvalue weighted by atomic mass is 32.2. The fourth-order valence-corrected chi connectivity index (χ4v) is 3.31. The van der Waals surface area contributed by atoms with E-state index in [1.54, 1.807) is 11.8 Å². The molecule has 1 amide bonds. The average Bonchev–Trinajstić information content (AvgIpc) is 2.79. The van der Waals surface area contributed by atoms with Gasteiger partial charge in [-0.15, -0.1) is 11.8 Å². The van der Waals surface area contributed by atoms with E-state index in [1.807, 2.05) is 12.1 Å². The monoisotopic (exact) mass is 264 g/mol. The van der Waals surface area contributed by atoms with Gasteiger partial charge in [0.1, 0.15) is 0 Å². The highest BCUT2D eigenvalue weighted by molar-refractivity contribution is 8.01. The largest absolute Gasteiger partial charge is 0.351 e. The molecule has 0 bridgehead atoms. The summed E-state index contributed by atoms with van der Waals surface area (Å²) in [5, 5.41) is 3.05.